The van der Waals surface area contributed by atoms with Crippen molar-refractivity contribution in [1.29, 1.82) is 0 Å². The molecule has 140 valence electrons. The Kier molecular flexibility index (Phi) is 6.54. The number of carbonyl (C=O) groups is 4. The van der Waals surface area contributed by atoms with Gasteiger partial charge in [-0.25, -0.2) is 4.79 Å². The number of benzene rings is 1. The summed E-state index contributed by atoms with van der Waals surface area (Å²) >= 11 is 0. The Bertz CT molecular complexity index is 688. The second-order valence-corrected chi connectivity index (χ2v) is 5.75. The van der Waals surface area contributed by atoms with Gasteiger partial charge in [-0.05, 0) is 31.0 Å². The molecule has 0 bridgehead atoms. The van der Waals surface area contributed by atoms with E-state index in [4.69, 9.17) is 9.47 Å². The molecule has 1 aromatic carbocycles. The Morgan fingerprint density at radius 2 is 1.92 bits per heavy atom. The Morgan fingerprint density at radius 1 is 1.23 bits per heavy atom. The zero-order valence-electron chi connectivity index (χ0n) is 14.5. The van der Waals surface area contributed by atoms with E-state index in [0.717, 1.165) is 11.3 Å². The van der Waals surface area contributed by atoms with E-state index in [0.29, 0.717) is 6.54 Å². The molecule has 1 fully saturated rings. The van der Waals surface area contributed by atoms with Crippen molar-refractivity contribution < 1.29 is 28.7 Å². The zero-order chi connectivity index (χ0) is 19.1. The van der Waals surface area contributed by atoms with Gasteiger partial charge in [-0.2, -0.15) is 0 Å². The number of rotatable bonds is 8. The second-order valence-electron chi connectivity index (χ2n) is 5.75. The molecule has 0 aromatic heterocycles. The van der Waals surface area contributed by atoms with Crippen LogP contribution in [-0.4, -0.2) is 43.1 Å². The van der Waals surface area contributed by atoms with Gasteiger partial charge >= 0.3 is 12.0 Å². The van der Waals surface area contributed by atoms with Gasteiger partial charge in [0.1, 0.15) is 11.8 Å². The van der Waals surface area contributed by atoms with Gasteiger partial charge in [0.25, 0.3) is 11.8 Å². The summed E-state index contributed by atoms with van der Waals surface area (Å²) in [7, 11) is 1.57. The average Bonchev–Trinajstić information content (AvgIpc) is 2.95. The molecule has 2 rings (SSSR count). The summed E-state index contributed by atoms with van der Waals surface area (Å²) in [6, 6.07) is 5.85. The lowest BCUT2D eigenvalue weighted by atomic mass is 10.1. The van der Waals surface area contributed by atoms with Crippen molar-refractivity contribution in [1.82, 2.24) is 16.0 Å². The zero-order valence-corrected chi connectivity index (χ0v) is 14.5. The van der Waals surface area contributed by atoms with Crippen molar-refractivity contribution in [2.24, 2.45) is 0 Å². The third-order valence-corrected chi connectivity index (χ3v) is 3.80. The van der Waals surface area contributed by atoms with Gasteiger partial charge in [0, 0.05) is 13.0 Å². The minimum atomic E-state index is -0.965. The van der Waals surface area contributed by atoms with Gasteiger partial charge < -0.3 is 20.1 Å². The van der Waals surface area contributed by atoms with Crippen molar-refractivity contribution >= 4 is 23.8 Å². The highest BCUT2D eigenvalue weighted by Gasteiger charge is 2.30. The minimum absolute atomic E-state index is 0.0888. The molecule has 1 heterocycles. The monoisotopic (exact) mass is 363 g/mol. The van der Waals surface area contributed by atoms with Crippen molar-refractivity contribution in [3.8, 4) is 5.75 Å². The lowest BCUT2D eigenvalue weighted by Gasteiger charge is -2.14. The van der Waals surface area contributed by atoms with E-state index in [1.54, 1.807) is 19.2 Å². The second kappa shape index (κ2) is 8.84. The SMILES string of the molecule is COc1ccc(CNC(=O)[C@@H](C)OC(=O)CC[C@@H]2NC(=O)NC2=O)cc1. The van der Waals surface area contributed by atoms with Crippen LogP contribution in [0.3, 0.4) is 0 Å². The molecule has 0 unspecified atom stereocenters. The number of nitrogens with one attached hydrogen (secondary N) is 3. The van der Waals surface area contributed by atoms with E-state index in [2.05, 4.69) is 16.0 Å². The van der Waals surface area contributed by atoms with Gasteiger partial charge in [-0.3, -0.25) is 19.7 Å². The number of imide groups is 1. The first-order chi connectivity index (χ1) is 12.4. The standard InChI is InChI=1S/C17H21N3O6/c1-10(15(22)18-9-11-3-5-12(25-2)6-4-11)26-14(21)8-7-13-16(23)20-17(24)19-13/h3-6,10,13H,7-9H2,1-2H3,(H,18,22)(H2,19,20,23,24)/t10-,13+/m1/s1. The predicted molar refractivity (Wildman–Crippen MR) is 90.1 cm³/mol. The Balaban J connectivity index is 1.70. The highest BCUT2D eigenvalue weighted by molar-refractivity contribution is 6.04. The molecular weight excluding hydrogens is 342 g/mol. The Morgan fingerprint density at radius 3 is 2.50 bits per heavy atom. The van der Waals surface area contributed by atoms with Crippen molar-refractivity contribution in [3.63, 3.8) is 0 Å². The third-order valence-electron chi connectivity index (χ3n) is 3.80. The highest BCUT2D eigenvalue weighted by Crippen LogP contribution is 2.11. The van der Waals surface area contributed by atoms with Crippen molar-refractivity contribution in [2.75, 3.05) is 7.11 Å². The van der Waals surface area contributed by atoms with Crippen LogP contribution in [0.25, 0.3) is 0 Å². The molecule has 26 heavy (non-hydrogen) atoms. The topological polar surface area (TPSA) is 123 Å². The molecule has 0 radical (unpaired) electrons. The third kappa shape index (κ3) is 5.47. The number of carbonyl (C=O) groups excluding carboxylic acids is 4. The molecule has 1 saturated heterocycles. The van der Waals surface area contributed by atoms with Gasteiger partial charge in [-0.15, -0.1) is 0 Å². The molecule has 9 nitrogen and oxygen atoms in total. The van der Waals surface area contributed by atoms with Crippen LogP contribution in [0.1, 0.15) is 25.3 Å². The van der Waals surface area contributed by atoms with E-state index in [9.17, 15) is 19.2 Å². The largest absolute Gasteiger partial charge is 0.497 e. The summed E-state index contributed by atoms with van der Waals surface area (Å²) in [5, 5.41) is 7.14. The first-order valence-corrected chi connectivity index (χ1v) is 8.10. The summed E-state index contributed by atoms with van der Waals surface area (Å²) in [6.45, 7) is 1.75. The fraction of sp³-hybridized carbons (Fsp3) is 0.412. The molecule has 4 amide bonds. The van der Waals surface area contributed by atoms with Gasteiger partial charge in [0.05, 0.1) is 7.11 Å². The van der Waals surface area contributed by atoms with Crippen LogP contribution < -0.4 is 20.7 Å². The number of esters is 1. The maximum Gasteiger partial charge on any atom is 0.322 e. The van der Waals surface area contributed by atoms with E-state index in [1.165, 1.54) is 6.92 Å². The molecule has 0 spiro atoms. The quantitative estimate of drug-likeness (QED) is 0.449. The molecule has 1 aromatic rings. The summed E-state index contributed by atoms with van der Waals surface area (Å²) in [5.41, 5.74) is 0.876. The first-order valence-electron chi connectivity index (χ1n) is 8.10. The summed E-state index contributed by atoms with van der Waals surface area (Å²) in [5.74, 6) is -0.810. The van der Waals surface area contributed by atoms with Crippen LogP contribution in [0.2, 0.25) is 0 Å². The van der Waals surface area contributed by atoms with E-state index < -0.39 is 36.0 Å². The predicted octanol–water partition coefficient (Wildman–Crippen LogP) is 0.231. The number of methoxy groups -OCH3 is 1. The number of amides is 4. The van der Waals surface area contributed by atoms with Gasteiger partial charge in [-0.1, -0.05) is 12.1 Å². The smallest absolute Gasteiger partial charge is 0.322 e. The van der Waals surface area contributed by atoms with Gasteiger partial charge in [0.2, 0.25) is 0 Å². The molecule has 9 heteroatoms. The maximum atomic E-state index is 12.0. The van der Waals surface area contributed by atoms with Crippen molar-refractivity contribution in [3.05, 3.63) is 29.8 Å². The molecule has 1 aliphatic rings. The fourth-order valence-corrected chi connectivity index (χ4v) is 2.31. The summed E-state index contributed by atoms with van der Waals surface area (Å²) in [4.78, 5) is 46.1. The van der Waals surface area contributed by atoms with Crippen LogP contribution in [0, 0.1) is 0 Å². The number of ether oxygens (including phenoxy) is 2. The normalized spacial score (nSPS) is 17.1. The van der Waals surface area contributed by atoms with E-state index >= 15 is 0 Å². The number of urea groups is 1. The highest BCUT2D eigenvalue weighted by atomic mass is 16.5. The van der Waals surface area contributed by atoms with Crippen LogP contribution in [0.15, 0.2) is 24.3 Å². The van der Waals surface area contributed by atoms with Crippen LogP contribution in [-0.2, 0) is 25.7 Å². The van der Waals surface area contributed by atoms with Crippen LogP contribution >= 0.6 is 0 Å². The lowest BCUT2D eigenvalue weighted by Crippen LogP contribution is -2.36. The maximum absolute atomic E-state index is 12.0. The fourth-order valence-electron chi connectivity index (χ4n) is 2.31. The Hall–Kier alpha value is -3.10. The first kappa shape index (κ1) is 19.2. The average molecular weight is 363 g/mol. The summed E-state index contributed by atoms with van der Waals surface area (Å²) in [6.07, 6.45) is -0.946. The van der Waals surface area contributed by atoms with Crippen molar-refractivity contribution in [2.45, 2.75) is 38.5 Å². The molecule has 2 atom stereocenters. The number of hydrogen-bond acceptors (Lipinski definition) is 6. The molecule has 0 aliphatic carbocycles. The van der Waals surface area contributed by atoms with Gasteiger partial charge in [0.15, 0.2) is 6.10 Å². The summed E-state index contributed by atoms with van der Waals surface area (Å²) < 4.78 is 10.1. The lowest BCUT2D eigenvalue weighted by molar-refractivity contribution is -0.155. The molecule has 3 N–H and O–H groups in total. The number of hydrogen-bond donors (Lipinski definition) is 3. The van der Waals surface area contributed by atoms with Crippen LogP contribution in [0.5, 0.6) is 5.75 Å². The molecular formula is C17H21N3O6. The van der Waals surface area contributed by atoms with Crippen LogP contribution in [0.4, 0.5) is 4.79 Å². The minimum Gasteiger partial charge on any atom is -0.497 e. The Labute approximate surface area is 150 Å². The molecule has 1 aliphatic heterocycles. The molecule has 0 saturated carbocycles. The van der Waals surface area contributed by atoms with E-state index in [-0.39, 0.29) is 12.8 Å². The van der Waals surface area contributed by atoms with E-state index in [1.807, 2.05) is 12.1 Å².